The Hall–Kier alpha value is -1.67. The number of carbonyl (C=O) groups excluding carboxylic acids is 1. The van der Waals surface area contributed by atoms with Gasteiger partial charge in [0, 0.05) is 31.3 Å². The molecule has 0 spiro atoms. The minimum Gasteiger partial charge on any atom is -0.480 e. The zero-order chi connectivity index (χ0) is 12.8. The lowest BCUT2D eigenvalue weighted by molar-refractivity contribution is -0.140. The quantitative estimate of drug-likeness (QED) is 0.444. The minimum absolute atomic E-state index is 0.337. The highest BCUT2D eigenvalue weighted by Gasteiger charge is 2.19. The Labute approximate surface area is 102 Å². The van der Waals surface area contributed by atoms with Crippen LogP contribution in [0.4, 0.5) is 0 Å². The molecular weight excluding hydrogens is 244 g/mol. The number of rotatable bonds is 5. The third-order valence-corrected chi connectivity index (χ3v) is 2.60. The third-order valence-electron chi connectivity index (χ3n) is 1.68. The zero-order valence-corrected chi connectivity index (χ0v) is 10.1. The number of carboxylic acid groups (broad SMARTS) is 1. The smallest absolute Gasteiger partial charge is 0.322 e. The van der Waals surface area contributed by atoms with Crippen molar-refractivity contribution in [1.82, 2.24) is 19.8 Å². The lowest BCUT2D eigenvalue weighted by atomic mass is 10.4. The molecule has 0 aliphatic carbocycles. The van der Waals surface area contributed by atoms with Crippen LogP contribution >= 0.6 is 11.9 Å². The molecule has 0 aliphatic heterocycles. The summed E-state index contributed by atoms with van der Waals surface area (Å²) in [5, 5.41) is 9.09. The molecule has 0 aliphatic rings. The topological polar surface area (TPSA) is 95.4 Å². The average Bonchev–Trinajstić information content (AvgIpc) is 2.29. The Balaban J connectivity index is 2.67. The SMILES string of the molecule is CC(=O)N(N[C@@H](C)C(=O)O)Sc1ncccn1. The zero-order valence-electron chi connectivity index (χ0n) is 9.32. The van der Waals surface area contributed by atoms with E-state index in [0.717, 1.165) is 16.4 Å². The molecule has 0 unspecified atom stereocenters. The van der Waals surface area contributed by atoms with E-state index in [2.05, 4.69) is 15.4 Å². The predicted octanol–water partition coefficient (Wildman–Crippen LogP) is 0.310. The van der Waals surface area contributed by atoms with Crippen LogP contribution in [-0.4, -0.2) is 37.4 Å². The number of hydrazine groups is 1. The summed E-state index contributed by atoms with van der Waals surface area (Å²) in [5.74, 6) is -1.39. The van der Waals surface area contributed by atoms with Crippen molar-refractivity contribution in [2.75, 3.05) is 0 Å². The number of nitrogens with zero attached hydrogens (tertiary/aromatic N) is 3. The predicted molar refractivity (Wildman–Crippen MR) is 60.6 cm³/mol. The van der Waals surface area contributed by atoms with Gasteiger partial charge in [0.05, 0.1) is 0 Å². The minimum atomic E-state index is -1.05. The Morgan fingerprint density at radius 3 is 2.53 bits per heavy atom. The van der Waals surface area contributed by atoms with E-state index in [1.807, 2.05) is 0 Å². The van der Waals surface area contributed by atoms with E-state index in [4.69, 9.17) is 5.11 Å². The number of carbonyl (C=O) groups is 2. The summed E-state index contributed by atoms with van der Waals surface area (Å²) in [7, 11) is 0. The lowest BCUT2D eigenvalue weighted by Crippen LogP contribution is -2.45. The number of hydrogen-bond donors (Lipinski definition) is 2. The van der Waals surface area contributed by atoms with Crippen molar-refractivity contribution < 1.29 is 14.7 Å². The number of aliphatic carboxylic acids is 1. The summed E-state index contributed by atoms with van der Waals surface area (Å²) >= 11 is 0.930. The molecule has 0 fully saturated rings. The monoisotopic (exact) mass is 256 g/mol. The molecule has 7 nitrogen and oxygen atoms in total. The van der Waals surface area contributed by atoms with Crippen LogP contribution in [0.5, 0.6) is 0 Å². The van der Waals surface area contributed by atoms with Gasteiger partial charge in [-0.25, -0.2) is 19.8 Å². The van der Waals surface area contributed by atoms with Gasteiger partial charge in [0.25, 0.3) is 0 Å². The van der Waals surface area contributed by atoms with Crippen molar-refractivity contribution in [3.05, 3.63) is 18.5 Å². The van der Waals surface area contributed by atoms with Crippen molar-refractivity contribution in [3.8, 4) is 0 Å². The molecule has 1 atom stereocenters. The first-order valence-electron chi connectivity index (χ1n) is 4.75. The maximum atomic E-state index is 11.3. The van der Waals surface area contributed by atoms with Crippen molar-refractivity contribution in [2.45, 2.75) is 25.0 Å². The second-order valence-electron chi connectivity index (χ2n) is 3.13. The van der Waals surface area contributed by atoms with Gasteiger partial charge in [-0.3, -0.25) is 9.59 Å². The fourth-order valence-electron chi connectivity index (χ4n) is 0.827. The van der Waals surface area contributed by atoms with E-state index in [0.29, 0.717) is 5.16 Å². The van der Waals surface area contributed by atoms with Gasteiger partial charge in [0.1, 0.15) is 6.04 Å². The molecule has 0 aromatic carbocycles. The molecule has 2 N–H and O–H groups in total. The Morgan fingerprint density at radius 1 is 1.47 bits per heavy atom. The molecule has 1 rings (SSSR count). The van der Waals surface area contributed by atoms with E-state index in [1.165, 1.54) is 26.2 Å². The first kappa shape index (κ1) is 13.4. The maximum absolute atomic E-state index is 11.3. The van der Waals surface area contributed by atoms with Crippen LogP contribution in [0.15, 0.2) is 23.6 Å². The van der Waals surface area contributed by atoms with Crippen LogP contribution in [-0.2, 0) is 9.59 Å². The second kappa shape index (κ2) is 6.16. The van der Waals surface area contributed by atoms with Crippen molar-refractivity contribution in [2.24, 2.45) is 0 Å². The molecule has 17 heavy (non-hydrogen) atoms. The standard InChI is InChI=1S/C9H12N4O3S/c1-6(8(15)16)12-13(7(2)14)17-9-10-4-3-5-11-9/h3-6,12H,1-2H3,(H,15,16)/t6-/m0/s1. The van der Waals surface area contributed by atoms with Gasteiger partial charge in [0.2, 0.25) is 11.1 Å². The van der Waals surface area contributed by atoms with Gasteiger partial charge in [-0.05, 0) is 13.0 Å². The highest BCUT2D eigenvalue weighted by molar-refractivity contribution is 7.97. The van der Waals surface area contributed by atoms with E-state index in [9.17, 15) is 9.59 Å². The number of aromatic nitrogens is 2. The summed E-state index contributed by atoms with van der Waals surface area (Å²) in [6, 6.07) is 0.769. The average molecular weight is 256 g/mol. The van der Waals surface area contributed by atoms with Crippen molar-refractivity contribution >= 4 is 23.8 Å². The summed E-state index contributed by atoms with van der Waals surface area (Å²) in [6.07, 6.45) is 3.07. The molecule has 1 heterocycles. The van der Waals surface area contributed by atoms with Crippen LogP contribution < -0.4 is 5.43 Å². The van der Waals surface area contributed by atoms with Gasteiger partial charge in [-0.2, -0.15) is 0 Å². The van der Waals surface area contributed by atoms with Gasteiger partial charge < -0.3 is 5.11 Å². The first-order valence-corrected chi connectivity index (χ1v) is 5.52. The fraction of sp³-hybridized carbons (Fsp3) is 0.333. The van der Waals surface area contributed by atoms with E-state index in [1.54, 1.807) is 6.07 Å². The van der Waals surface area contributed by atoms with E-state index in [-0.39, 0.29) is 5.91 Å². The van der Waals surface area contributed by atoms with Crippen LogP contribution in [0.25, 0.3) is 0 Å². The van der Waals surface area contributed by atoms with Gasteiger partial charge in [-0.15, -0.1) is 0 Å². The maximum Gasteiger partial charge on any atom is 0.322 e. The van der Waals surface area contributed by atoms with E-state index >= 15 is 0 Å². The van der Waals surface area contributed by atoms with Crippen LogP contribution in [0.3, 0.4) is 0 Å². The molecule has 0 saturated heterocycles. The van der Waals surface area contributed by atoms with Gasteiger partial charge in [0.15, 0.2) is 0 Å². The molecule has 92 valence electrons. The molecule has 0 saturated carbocycles. The summed E-state index contributed by atoms with van der Waals surface area (Å²) in [5.41, 5.74) is 2.53. The number of carboxylic acids is 1. The molecule has 0 bridgehead atoms. The molecule has 1 aromatic heterocycles. The Kier molecular flexibility index (Phi) is 4.85. The molecule has 0 radical (unpaired) electrons. The highest BCUT2D eigenvalue weighted by atomic mass is 32.2. The fourth-order valence-corrected chi connectivity index (χ4v) is 1.55. The second-order valence-corrected chi connectivity index (χ2v) is 4.04. The number of amides is 1. The lowest BCUT2D eigenvalue weighted by Gasteiger charge is -2.21. The third kappa shape index (κ3) is 4.37. The largest absolute Gasteiger partial charge is 0.480 e. The van der Waals surface area contributed by atoms with Crippen LogP contribution in [0.1, 0.15) is 13.8 Å². The number of hydrogen-bond acceptors (Lipinski definition) is 6. The molecule has 1 amide bonds. The van der Waals surface area contributed by atoms with Crippen molar-refractivity contribution in [3.63, 3.8) is 0 Å². The molecule has 8 heteroatoms. The Morgan fingerprint density at radius 2 is 2.06 bits per heavy atom. The van der Waals surface area contributed by atoms with E-state index < -0.39 is 12.0 Å². The van der Waals surface area contributed by atoms with Gasteiger partial charge >= 0.3 is 5.97 Å². The molecule has 1 aromatic rings. The summed E-state index contributed by atoms with van der Waals surface area (Å²) in [6.45, 7) is 2.75. The first-order chi connectivity index (χ1) is 8.00. The van der Waals surface area contributed by atoms with Gasteiger partial charge in [-0.1, -0.05) is 0 Å². The molecular formula is C9H12N4O3S. The Bertz CT molecular complexity index is 400. The normalized spacial score (nSPS) is 11.9. The van der Waals surface area contributed by atoms with Crippen molar-refractivity contribution in [1.29, 1.82) is 0 Å². The number of nitrogens with one attached hydrogen (secondary N) is 1. The van der Waals surface area contributed by atoms with Crippen LogP contribution in [0, 0.1) is 0 Å². The summed E-state index contributed by atoms with van der Waals surface area (Å²) in [4.78, 5) is 29.8. The summed E-state index contributed by atoms with van der Waals surface area (Å²) < 4.78 is 1.09. The van der Waals surface area contributed by atoms with Crippen LogP contribution in [0.2, 0.25) is 0 Å². The highest BCUT2D eigenvalue weighted by Crippen LogP contribution is 2.15.